The molecule has 0 radical (unpaired) electrons. The van der Waals surface area contributed by atoms with E-state index in [1.807, 2.05) is 24.3 Å². The first-order valence-electron chi connectivity index (χ1n) is 7.07. The highest BCUT2D eigenvalue weighted by atomic mass is 32.1. The molecule has 0 fully saturated rings. The van der Waals surface area contributed by atoms with Gasteiger partial charge in [-0.15, -0.1) is 11.3 Å². The average molecular weight is 304 g/mol. The van der Waals surface area contributed by atoms with E-state index in [9.17, 15) is 0 Å². The van der Waals surface area contributed by atoms with E-state index in [2.05, 4.69) is 54.5 Å². The molecular weight excluding hydrogens is 288 g/mol. The molecule has 108 valence electrons. The Balaban J connectivity index is 1.89. The molecule has 0 aliphatic carbocycles. The molecule has 1 aromatic heterocycles. The first kappa shape index (κ1) is 14.4. The van der Waals surface area contributed by atoms with Crippen LogP contribution in [0.25, 0.3) is 10.4 Å². The van der Waals surface area contributed by atoms with E-state index in [-0.39, 0.29) is 0 Å². The molecule has 2 heteroatoms. The maximum atomic E-state index is 5.16. The third kappa shape index (κ3) is 3.21. The van der Waals surface area contributed by atoms with Crippen LogP contribution in [0.2, 0.25) is 0 Å². The lowest BCUT2D eigenvalue weighted by molar-refractivity contribution is 0.415. The van der Waals surface area contributed by atoms with Crippen molar-refractivity contribution >= 4 is 11.3 Å². The standard InChI is InChI=1S/C20H16OS/c1-15-3-8-17(9-4-15)20-18(13-14-22-20)10-5-16-6-11-19(21-2)12-7-16/h3-4,6-9,11-14H,1-2H3. The van der Waals surface area contributed by atoms with Crippen LogP contribution in [-0.4, -0.2) is 7.11 Å². The number of hydrogen-bond acceptors (Lipinski definition) is 2. The number of rotatable bonds is 2. The van der Waals surface area contributed by atoms with Crippen molar-refractivity contribution in [3.05, 3.63) is 76.7 Å². The molecule has 0 unspecified atom stereocenters. The third-order valence-corrected chi connectivity index (χ3v) is 4.37. The second kappa shape index (κ2) is 6.51. The molecule has 0 amide bonds. The molecule has 1 nitrogen and oxygen atoms in total. The molecule has 1 heterocycles. The average Bonchev–Trinajstić information content (AvgIpc) is 3.02. The van der Waals surface area contributed by atoms with Crippen molar-refractivity contribution in [1.82, 2.24) is 0 Å². The van der Waals surface area contributed by atoms with Crippen LogP contribution in [0, 0.1) is 18.8 Å². The van der Waals surface area contributed by atoms with Gasteiger partial charge in [0.25, 0.3) is 0 Å². The first-order valence-corrected chi connectivity index (χ1v) is 7.95. The van der Waals surface area contributed by atoms with Crippen molar-refractivity contribution in [2.24, 2.45) is 0 Å². The highest BCUT2D eigenvalue weighted by Crippen LogP contribution is 2.29. The largest absolute Gasteiger partial charge is 0.497 e. The zero-order valence-corrected chi connectivity index (χ0v) is 13.4. The highest BCUT2D eigenvalue weighted by molar-refractivity contribution is 7.13. The second-order valence-electron chi connectivity index (χ2n) is 5.01. The Labute approximate surface area is 135 Å². The molecule has 2 aromatic carbocycles. The predicted octanol–water partition coefficient (Wildman–Crippen LogP) is 5.13. The lowest BCUT2D eigenvalue weighted by atomic mass is 10.1. The summed E-state index contributed by atoms with van der Waals surface area (Å²) in [6.07, 6.45) is 0. The van der Waals surface area contributed by atoms with E-state index in [1.165, 1.54) is 16.0 Å². The molecule has 0 saturated carbocycles. The van der Waals surface area contributed by atoms with Gasteiger partial charge in [-0.2, -0.15) is 0 Å². The summed E-state index contributed by atoms with van der Waals surface area (Å²) in [7, 11) is 1.67. The van der Waals surface area contributed by atoms with E-state index in [0.717, 1.165) is 16.9 Å². The van der Waals surface area contributed by atoms with Crippen LogP contribution in [0.4, 0.5) is 0 Å². The van der Waals surface area contributed by atoms with Gasteiger partial charge >= 0.3 is 0 Å². The smallest absolute Gasteiger partial charge is 0.118 e. The minimum absolute atomic E-state index is 0.849. The topological polar surface area (TPSA) is 9.23 Å². The molecular formula is C20H16OS. The Morgan fingerprint density at radius 1 is 0.864 bits per heavy atom. The molecule has 3 aromatic rings. The van der Waals surface area contributed by atoms with Gasteiger partial charge in [0.15, 0.2) is 0 Å². The van der Waals surface area contributed by atoms with Crippen LogP contribution in [-0.2, 0) is 0 Å². The predicted molar refractivity (Wildman–Crippen MR) is 93.5 cm³/mol. The second-order valence-corrected chi connectivity index (χ2v) is 5.92. The molecule has 22 heavy (non-hydrogen) atoms. The first-order chi connectivity index (χ1) is 10.8. The number of hydrogen-bond donors (Lipinski definition) is 0. The summed E-state index contributed by atoms with van der Waals surface area (Å²) in [6, 6.07) is 18.5. The number of thiophene rings is 1. The summed E-state index contributed by atoms with van der Waals surface area (Å²) in [5.74, 6) is 7.35. The van der Waals surface area contributed by atoms with Crippen LogP contribution >= 0.6 is 11.3 Å². The maximum absolute atomic E-state index is 5.16. The third-order valence-electron chi connectivity index (χ3n) is 3.41. The Hall–Kier alpha value is -2.50. The van der Waals surface area contributed by atoms with Crippen molar-refractivity contribution in [2.75, 3.05) is 7.11 Å². The van der Waals surface area contributed by atoms with Crippen LogP contribution in [0.15, 0.2) is 60.0 Å². The summed E-state index contributed by atoms with van der Waals surface area (Å²) < 4.78 is 5.16. The van der Waals surface area contributed by atoms with Crippen LogP contribution in [0.3, 0.4) is 0 Å². The Morgan fingerprint density at radius 3 is 2.27 bits per heavy atom. The lowest BCUT2D eigenvalue weighted by Gasteiger charge is -2.00. The van der Waals surface area contributed by atoms with Gasteiger partial charge in [0.05, 0.1) is 7.11 Å². The van der Waals surface area contributed by atoms with Gasteiger partial charge < -0.3 is 4.74 Å². The van der Waals surface area contributed by atoms with Crippen LogP contribution < -0.4 is 4.74 Å². The van der Waals surface area contributed by atoms with Gasteiger partial charge in [-0.25, -0.2) is 0 Å². The molecule has 0 aliphatic rings. The minimum Gasteiger partial charge on any atom is -0.497 e. The molecule has 0 N–H and O–H groups in total. The number of benzene rings is 2. The summed E-state index contributed by atoms with van der Waals surface area (Å²) in [5.41, 5.74) is 4.55. The Morgan fingerprint density at radius 2 is 1.59 bits per heavy atom. The van der Waals surface area contributed by atoms with Gasteiger partial charge in [-0.1, -0.05) is 41.7 Å². The SMILES string of the molecule is COc1ccc(C#Cc2ccsc2-c2ccc(C)cc2)cc1. The van der Waals surface area contributed by atoms with Crippen molar-refractivity contribution in [1.29, 1.82) is 0 Å². The van der Waals surface area contributed by atoms with Crippen molar-refractivity contribution in [2.45, 2.75) is 6.92 Å². The zero-order valence-electron chi connectivity index (χ0n) is 12.6. The summed E-state index contributed by atoms with van der Waals surface area (Å²) in [5, 5.41) is 2.09. The van der Waals surface area contributed by atoms with Gasteiger partial charge in [0, 0.05) is 16.0 Å². The molecule has 0 bridgehead atoms. The fourth-order valence-electron chi connectivity index (χ4n) is 2.15. The minimum atomic E-state index is 0.849. The molecule has 0 saturated heterocycles. The van der Waals surface area contributed by atoms with E-state index < -0.39 is 0 Å². The normalized spacial score (nSPS) is 9.91. The quantitative estimate of drug-likeness (QED) is 0.596. The van der Waals surface area contributed by atoms with Crippen molar-refractivity contribution < 1.29 is 4.74 Å². The van der Waals surface area contributed by atoms with Crippen molar-refractivity contribution in [3.8, 4) is 28.0 Å². The zero-order chi connectivity index (χ0) is 15.4. The lowest BCUT2D eigenvalue weighted by Crippen LogP contribution is -1.82. The Bertz CT molecular complexity index is 815. The fraction of sp³-hybridized carbons (Fsp3) is 0.100. The summed E-state index contributed by atoms with van der Waals surface area (Å²) >= 11 is 1.73. The number of ether oxygens (including phenoxy) is 1. The van der Waals surface area contributed by atoms with E-state index in [0.29, 0.717) is 0 Å². The molecule has 0 atom stereocenters. The van der Waals surface area contributed by atoms with E-state index >= 15 is 0 Å². The van der Waals surface area contributed by atoms with Gasteiger partial charge in [0.2, 0.25) is 0 Å². The fourth-order valence-corrected chi connectivity index (χ4v) is 3.01. The summed E-state index contributed by atoms with van der Waals surface area (Å²) in [4.78, 5) is 1.22. The van der Waals surface area contributed by atoms with Crippen LogP contribution in [0.5, 0.6) is 5.75 Å². The van der Waals surface area contributed by atoms with Gasteiger partial charge in [-0.3, -0.25) is 0 Å². The number of methoxy groups -OCH3 is 1. The molecule has 0 spiro atoms. The van der Waals surface area contributed by atoms with Gasteiger partial charge in [0.1, 0.15) is 5.75 Å². The van der Waals surface area contributed by atoms with Crippen molar-refractivity contribution in [3.63, 3.8) is 0 Å². The monoisotopic (exact) mass is 304 g/mol. The Kier molecular flexibility index (Phi) is 4.27. The van der Waals surface area contributed by atoms with Gasteiger partial charge in [-0.05, 0) is 48.2 Å². The van der Waals surface area contributed by atoms with Crippen LogP contribution in [0.1, 0.15) is 16.7 Å². The molecule has 3 rings (SSSR count). The van der Waals surface area contributed by atoms with E-state index in [4.69, 9.17) is 4.74 Å². The molecule has 0 aliphatic heterocycles. The summed E-state index contributed by atoms with van der Waals surface area (Å²) in [6.45, 7) is 2.10. The number of aryl methyl sites for hydroxylation is 1. The van der Waals surface area contributed by atoms with E-state index in [1.54, 1.807) is 18.4 Å². The maximum Gasteiger partial charge on any atom is 0.118 e. The highest BCUT2D eigenvalue weighted by Gasteiger charge is 2.04.